The molecule has 0 fully saturated rings. The molecule has 1 amide bonds. The van der Waals surface area contributed by atoms with Crippen molar-refractivity contribution in [2.24, 2.45) is 0 Å². The van der Waals surface area contributed by atoms with Crippen molar-refractivity contribution >= 4 is 23.3 Å². The highest BCUT2D eigenvalue weighted by atomic mass is 35.5. The van der Waals surface area contributed by atoms with E-state index in [1.165, 1.54) is 0 Å². The van der Waals surface area contributed by atoms with Gasteiger partial charge in [-0.15, -0.1) is 5.10 Å². The SMILES string of the molecule is Cc1cc(NC(=O)c2cc3n(n2)CCO3)nn1-c1cccc(Cl)c1. The molecule has 1 aromatic carbocycles. The number of hydrogen-bond acceptors (Lipinski definition) is 4. The number of carbonyl (C=O) groups excluding carboxylic acids is 1. The number of aromatic nitrogens is 4. The molecule has 7 nitrogen and oxygen atoms in total. The highest BCUT2D eigenvalue weighted by molar-refractivity contribution is 6.30. The molecule has 0 unspecified atom stereocenters. The molecular formula is C16H14ClN5O2. The van der Waals surface area contributed by atoms with Crippen LogP contribution in [-0.2, 0) is 6.54 Å². The molecule has 24 heavy (non-hydrogen) atoms. The van der Waals surface area contributed by atoms with Crippen molar-refractivity contribution in [1.82, 2.24) is 19.6 Å². The molecule has 8 heteroatoms. The number of carbonyl (C=O) groups is 1. The predicted molar refractivity (Wildman–Crippen MR) is 89.0 cm³/mol. The number of amides is 1. The molecule has 0 radical (unpaired) electrons. The summed E-state index contributed by atoms with van der Waals surface area (Å²) in [4.78, 5) is 12.3. The van der Waals surface area contributed by atoms with E-state index in [4.69, 9.17) is 16.3 Å². The Bertz CT molecular complexity index is 909. The second-order valence-electron chi connectivity index (χ2n) is 5.46. The molecule has 1 N–H and O–H groups in total. The van der Waals surface area contributed by atoms with Crippen LogP contribution in [0.1, 0.15) is 16.2 Å². The van der Waals surface area contributed by atoms with Gasteiger partial charge in [-0.2, -0.15) is 5.10 Å². The van der Waals surface area contributed by atoms with Crippen LogP contribution >= 0.6 is 11.6 Å². The third-order valence-electron chi connectivity index (χ3n) is 3.71. The fourth-order valence-corrected chi connectivity index (χ4v) is 2.79. The fourth-order valence-electron chi connectivity index (χ4n) is 2.61. The van der Waals surface area contributed by atoms with Gasteiger partial charge in [-0.3, -0.25) is 4.79 Å². The molecule has 3 heterocycles. The quantitative estimate of drug-likeness (QED) is 0.793. The van der Waals surface area contributed by atoms with Gasteiger partial charge in [0.05, 0.1) is 12.2 Å². The van der Waals surface area contributed by atoms with Crippen LogP contribution in [0.4, 0.5) is 5.82 Å². The molecule has 0 atom stereocenters. The zero-order valence-corrected chi connectivity index (χ0v) is 13.6. The van der Waals surface area contributed by atoms with E-state index in [1.807, 2.05) is 25.1 Å². The van der Waals surface area contributed by atoms with E-state index in [0.717, 1.165) is 11.4 Å². The van der Waals surface area contributed by atoms with Gasteiger partial charge in [0.1, 0.15) is 6.61 Å². The van der Waals surface area contributed by atoms with Crippen molar-refractivity contribution in [3.05, 3.63) is 52.8 Å². The van der Waals surface area contributed by atoms with Gasteiger partial charge in [0.25, 0.3) is 5.91 Å². The molecule has 1 aliphatic rings. The number of aryl methyl sites for hydroxylation is 1. The normalized spacial score (nSPS) is 12.8. The molecule has 0 aliphatic carbocycles. The van der Waals surface area contributed by atoms with Crippen molar-refractivity contribution in [1.29, 1.82) is 0 Å². The summed E-state index contributed by atoms with van der Waals surface area (Å²) in [6.07, 6.45) is 0. The molecule has 4 rings (SSSR count). The summed E-state index contributed by atoms with van der Waals surface area (Å²) >= 11 is 6.02. The van der Waals surface area contributed by atoms with E-state index in [0.29, 0.717) is 35.6 Å². The summed E-state index contributed by atoms with van der Waals surface area (Å²) in [5.41, 5.74) is 2.01. The summed E-state index contributed by atoms with van der Waals surface area (Å²) in [7, 11) is 0. The lowest BCUT2D eigenvalue weighted by atomic mass is 10.3. The lowest BCUT2D eigenvalue weighted by Gasteiger charge is -2.04. The standard InChI is InChI=1S/C16H14ClN5O2/c1-10-7-14(20-22(10)12-4-2-3-11(17)8-12)18-16(23)13-9-15-21(19-13)5-6-24-15/h2-4,7-9H,5-6H2,1H3,(H,18,20,23). The number of halogens is 1. The van der Waals surface area contributed by atoms with Crippen LogP contribution in [-0.4, -0.2) is 32.1 Å². The van der Waals surface area contributed by atoms with Crippen LogP contribution in [0.5, 0.6) is 5.88 Å². The number of fused-ring (bicyclic) bond motifs is 1. The van der Waals surface area contributed by atoms with Gasteiger partial charge in [-0.25, -0.2) is 9.36 Å². The highest BCUT2D eigenvalue weighted by Gasteiger charge is 2.20. The second-order valence-corrected chi connectivity index (χ2v) is 5.89. The number of ether oxygens (including phenoxy) is 1. The van der Waals surface area contributed by atoms with Crippen LogP contribution in [0.3, 0.4) is 0 Å². The molecule has 0 saturated heterocycles. The zero-order chi connectivity index (χ0) is 16.7. The minimum atomic E-state index is -0.323. The van der Waals surface area contributed by atoms with Crippen LogP contribution < -0.4 is 10.1 Å². The van der Waals surface area contributed by atoms with E-state index < -0.39 is 0 Å². The van der Waals surface area contributed by atoms with Crippen molar-refractivity contribution in [3.8, 4) is 11.6 Å². The van der Waals surface area contributed by atoms with Gasteiger partial charge < -0.3 is 10.1 Å². The first-order chi connectivity index (χ1) is 11.6. The summed E-state index contributed by atoms with van der Waals surface area (Å²) in [5, 5.41) is 12.0. The minimum absolute atomic E-state index is 0.305. The Balaban J connectivity index is 1.56. The van der Waals surface area contributed by atoms with E-state index in [2.05, 4.69) is 15.5 Å². The maximum absolute atomic E-state index is 12.3. The lowest BCUT2D eigenvalue weighted by molar-refractivity contribution is 0.102. The summed E-state index contributed by atoms with van der Waals surface area (Å²) in [5.74, 6) is 0.739. The van der Waals surface area contributed by atoms with Crippen LogP contribution in [0, 0.1) is 6.92 Å². The van der Waals surface area contributed by atoms with Crippen molar-refractivity contribution in [3.63, 3.8) is 0 Å². The van der Waals surface area contributed by atoms with E-state index in [1.54, 1.807) is 27.6 Å². The molecule has 2 aromatic heterocycles. The summed E-state index contributed by atoms with van der Waals surface area (Å²) < 4.78 is 8.75. The van der Waals surface area contributed by atoms with Gasteiger partial charge in [0, 0.05) is 22.8 Å². The Hall–Kier alpha value is -2.80. The molecule has 3 aromatic rings. The van der Waals surface area contributed by atoms with Crippen molar-refractivity contribution in [2.45, 2.75) is 13.5 Å². The van der Waals surface area contributed by atoms with E-state index in [-0.39, 0.29) is 5.91 Å². The Labute approximate surface area is 142 Å². The Morgan fingerprint density at radius 2 is 2.17 bits per heavy atom. The molecule has 0 saturated carbocycles. The molecular weight excluding hydrogens is 330 g/mol. The Morgan fingerprint density at radius 3 is 2.96 bits per heavy atom. The minimum Gasteiger partial charge on any atom is -0.476 e. The topological polar surface area (TPSA) is 74.0 Å². The number of rotatable bonds is 3. The van der Waals surface area contributed by atoms with Gasteiger partial charge in [0.15, 0.2) is 11.5 Å². The average Bonchev–Trinajstić information content (AvgIpc) is 3.21. The smallest absolute Gasteiger partial charge is 0.277 e. The van der Waals surface area contributed by atoms with Crippen LogP contribution in [0.25, 0.3) is 5.69 Å². The van der Waals surface area contributed by atoms with Gasteiger partial charge >= 0.3 is 0 Å². The number of nitrogens with zero attached hydrogens (tertiary/aromatic N) is 4. The van der Waals surface area contributed by atoms with E-state index >= 15 is 0 Å². The third kappa shape index (κ3) is 2.63. The van der Waals surface area contributed by atoms with E-state index in [9.17, 15) is 4.79 Å². The third-order valence-corrected chi connectivity index (χ3v) is 3.95. The Morgan fingerprint density at radius 1 is 1.29 bits per heavy atom. The number of nitrogens with one attached hydrogen (secondary N) is 1. The monoisotopic (exact) mass is 343 g/mol. The summed E-state index contributed by atoms with van der Waals surface area (Å²) in [6, 6.07) is 10.8. The molecule has 0 bridgehead atoms. The zero-order valence-electron chi connectivity index (χ0n) is 12.9. The van der Waals surface area contributed by atoms with Crippen molar-refractivity contribution in [2.75, 3.05) is 11.9 Å². The largest absolute Gasteiger partial charge is 0.476 e. The lowest BCUT2D eigenvalue weighted by Crippen LogP contribution is -2.14. The first-order valence-electron chi connectivity index (χ1n) is 7.45. The van der Waals surface area contributed by atoms with Gasteiger partial charge in [0.2, 0.25) is 5.88 Å². The molecule has 122 valence electrons. The first-order valence-corrected chi connectivity index (χ1v) is 7.82. The number of anilines is 1. The van der Waals surface area contributed by atoms with Crippen LogP contribution in [0.2, 0.25) is 5.02 Å². The maximum Gasteiger partial charge on any atom is 0.277 e. The van der Waals surface area contributed by atoms with Gasteiger partial charge in [-0.1, -0.05) is 17.7 Å². The fraction of sp³-hybridized carbons (Fsp3) is 0.188. The van der Waals surface area contributed by atoms with Crippen molar-refractivity contribution < 1.29 is 9.53 Å². The predicted octanol–water partition coefficient (Wildman–Crippen LogP) is 2.68. The molecule has 1 aliphatic heterocycles. The number of benzene rings is 1. The average molecular weight is 344 g/mol. The maximum atomic E-state index is 12.3. The molecule has 0 spiro atoms. The number of hydrogen-bond donors (Lipinski definition) is 1. The Kier molecular flexibility index (Phi) is 3.50. The van der Waals surface area contributed by atoms with Gasteiger partial charge in [-0.05, 0) is 25.1 Å². The summed E-state index contributed by atoms with van der Waals surface area (Å²) in [6.45, 7) is 3.15. The second kappa shape index (κ2) is 5.68. The first kappa shape index (κ1) is 14.8. The van der Waals surface area contributed by atoms with Crippen LogP contribution in [0.15, 0.2) is 36.4 Å². The highest BCUT2D eigenvalue weighted by Crippen LogP contribution is 2.21.